The van der Waals surface area contributed by atoms with E-state index in [0.29, 0.717) is 25.9 Å². The highest BCUT2D eigenvalue weighted by atomic mass is 16.6. The molecular formula is C26H38N2O6. The predicted octanol–water partition coefficient (Wildman–Crippen LogP) is 4.96. The smallest absolute Gasteiger partial charge is 0.413 e. The molecule has 0 radical (unpaired) electrons. The summed E-state index contributed by atoms with van der Waals surface area (Å²) >= 11 is 0. The predicted molar refractivity (Wildman–Crippen MR) is 127 cm³/mol. The maximum atomic E-state index is 13.2. The molecule has 188 valence electrons. The number of rotatable bonds is 4. The fourth-order valence-corrected chi connectivity index (χ4v) is 4.12. The molecule has 2 heterocycles. The molecule has 2 aliphatic rings. The Morgan fingerprint density at radius 1 is 1.06 bits per heavy atom. The minimum Gasteiger partial charge on any atom is -0.444 e. The van der Waals surface area contributed by atoms with Gasteiger partial charge in [0.15, 0.2) is 6.23 Å². The average Bonchev–Trinajstić information content (AvgIpc) is 3.03. The second kappa shape index (κ2) is 10.2. The molecule has 2 atom stereocenters. The van der Waals surface area contributed by atoms with Crippen LogP contribution >= 0.6 is 0 Å². The zero-order valence-corrected chi connectivity index (χ0v) is 21.1. The molecule has 3 rings (SSSR count). The molecule has 34 heavy (non-hydrogen) atoms. The van der Waals surface area contributed by atoms with E-state index in [0.717, 1.165) is 5.56 Å². The van der Waals surface area contributed by atoms with E-state index in [-0.39, 0.29) is 25.0 Å². The Bertz CT molecular complexity index is 918. The molecule has 2 fully saturated rings. The van der Waals surface area contributed by atoms with Crippen molar-refractivity contribution in [3.63, 3.8) is 0 Å². The number of hydrogen-bond acceptors (Lipinski definition) is 6. The monoisotopic (exact) mass is 475 g/mol. The summed E-state index contributed by atoms with van der Waals surface area (Å²) in [5, 5.41) is 0. The molecule has 2 aliphatic heterocycles. The van der Waals surface area contributed by atoms with Crippen LogP contribution in [0.3, 0.4) is 0 Å². The Balaban J connectivity index is 1.71. The number of carbonyl (C=O) groups excluding carboxylic acids is 3. The summed E-state index contributed by atoms with van der Waals surface area (Å²) < 4.78 is 25.7. The van der Waals surface area contributed by atoms with Crippen molar-refractivity contribution in [2.24, 2.45) is 11.3 Å². The lowest BCUT2D eigenvalue weighted by atomic mass is 9.89. The molecule has 0 saturated carbocycles. The third-order valence-corrected chi connectivity index (χ3v) is 5.87. The molecule has 0 aliphatic carbocycles. The number of likely N-dealkylation sites (tertiary alicyclic amines) is 1. The van der Waals surface area contributed by atoms with Gasteiger partial charge < -0.3 is 19.1 Å². The summed E-state index contributed by atoms with van der Waals surface area (Å²) in [7, 11) is 0. The van der Waals surface area contributed by atoms with Gasteiger partial charge >= 0.3 is 18.2 Å². The van der Waals surface area contributed by atoms with Crippen LogP contribution in [0.25, 0.3) is 0 Å². The van der Waals surface area contributed by atoms with Crippen LogP contribution in [0.5, 0.6) is 0 Å². The largest absolute Gasteiger partial charge is 0.444 e. The molecule has 2 amide bonds. The van der Waals surface area contributed by atoms with Crippen molar-refractivity contribution in [2.45, 2.75) is 85.3 Å². The van der Waals surface area contributed by atoms with Crippen LogP contribution < -0.4 is 0 Å². The lowest BCUT2D eigenvalue weighted by Gasteiger charge is -2.36. The van der Waals surface area contributed by atoms with E-state index in [2.05, 4.69) is 0 Å². The van der Waals surface area contributed by atoms with Gasteiger partial charge in [0.25, 0.3) is 0 Å². The molecule has 1 aromatic rings. The zero-order chi connectivity index (χ0) is 26.0. The van der Waals surface area contributed by atoms with Crippen molar-refractivity contribution in [1.29, 1.82) is 0 Å². The normalized spacial score (nSPS) is 24.5. The summed E-state index contributed by atoms with van der Waals surface area (Å²) in [6, 6.07) is 7.35. The molecule has 8 heteroatoms. The molecule has 8 nitrogen and oxygen atoms in total. The Morgan fingerprint density at radius 2 is 1.68 bits per heavy atom. The Hall–Kier alpha value is -2.77. The fourth-order valence-electron chi connectivity index (χ4n) is 4.12. The quantitative estimate of drug-likeness (QED) is 0.452. The molecule has 0 unspecified atom stereocenters. The summed E-state index contributed by atoms with van der Waals surface area (Å²) in [5.41, 5.74) is -0.371. The molecule has 0 spiro atoms. The first-order valence-corrected chi connectivity index (χ1v) is 11.9. The second-order valence-corrected chi connectivity index (χ2v) is 11.1. The van der Waals surface area contributed by atoms with E-state index < -0.39 is 35.3 Å². The van der Waals surface area contributed by atoms with E-state index in [4.69, 9.17) is 15.6 Å². The molecular weight excluding hydrogens is 436 g/mol. The maximum Gasteiger partial charge on any atom is 0.413 e. The average molecular weight is 476 g/mol. The van der Waals surface area contributed by atoms with Gasteiger partial charge in [0.2, 0.25) is 0 Å². The first-order valence-electron chi connectivity index (χ1n) is 12.4. The second-order valence-electron chi connectivity index (χ2n) is 11.1. The number of benzene rings is 1. The van der Waals surface area contributed by atoms with Crippen LogP contribution in [0.4, 0.5) is 9.59 Å². The standard InChI is InChI=1S/C26H38N2O6/c1-25(2,3)22-28(24(31)32-17-19-10-8-7-9-11-19)20(21(29)33-22)16-18-12-14-27(15-13-18)23(30)34-26(4,5)6/h7-11,18,20,22H,12-17H2,1-6H3/t20-,22-/m0/s1/i20D. The maximum absolute atomic E-state index is 13.2. The first kappa shape index (κ1) is 24.4. The highest BCUT2D eigenvalue weighted by molar-refractivity contribution is 5.84. The zero-order valence-electron chi connectivity index (χ0n) is 22.1. The number of carbonyl (C=O) groups is 3. The van der Waals surface area contributed by atoms with Crippen LogP contribution in [0, 0.1) is 11.3 Å². The first-order chi connectivity index (χ1) is 16.2. The third-order valence-electron chi connectivity index (χ3n) is 5.87. The highest BCUT2D eigenvalue weighted by Gasteiger charge is 2.51. The topological polar surface area (TPSA) is 85.4 Å². The number of piperidine rings is 1. The van der Waals surface area contributed by atoms with E-state index in [9.17, 15) is 14.4 Å². The molecule has 0 N–H and O–H groups in total. The van der Waals surface area contributed by atoms with Gasteiger partial charge in [0.05, 0.1) is 1.37 Å². The molecule has 1 aromatic carbocycles. The lowest BCUT2D eigenvalue weighted by molar-refractivity contribution is -0.147. The Kier molecular flexibility index (Phi) is 7.33. The molecule has 0 bridgehead atoms. The van der Waals surface area contributed by atoms with Crippen molar-refractivity contribution in [2.75, 3.05) is 13.1 Å². The Labute approximate surface area is 203 Å². The van der Waals surface area contributed by atoms with Crippen molar-refractivity contribution in [1.82, 2.24) is 9.80 Å². The van der Waals surface area contributed by atoms with Crippen LogP contribution in [0.15, 0.2) is 30.3 Å². The number of esters is 1. The number of hydrogen-bond donors (Lipinski definition) is 0. The SMILES string of the molecule is [2H][C@]1(CC2CCN(C(=O)OC(C)(C)C)CC2)C(=O)O[C@@H](C(C)(C)C)N1C(=O)OCc1ccccc1. The van der Waals surface area contributed by atoms with Gasteiger partial charge in [-0.25, -0.2) is 14.4 Å². The molecule has 2 saturated heterocycles. The fraction of sp³-hybridized carbons (Fsp3) is 0.654. The van der Waals surface area contributed by atoms with Gasteiger partial charge in [-0.15, -0.1) is 0 Å². The van der Waals surface area contributed by atoms with E-state index in [1.165, 1.54) is 4.90 Å². The minimum atomic E-state index is -1.90. The van der Waals surface area contributed by atoms with Crippen LogP contribution in [-0.4, -0.2) is 58.9 Å². The summed E-state index contributed by atoms with van der Waals surface area (Å²) in [4.78, 5) is 41.4. The van der Waals surface area contributed by atoms with Crippen molar-refractivity contribution >= 4 is 18.2 Å². The van der Waals surface area contributed by atoms with E-state index in [1.807, 2.05) is 71.9 Å². The van der Waals surface area contributed by atoms with Gasteiger partial charge in [-0.2, -0.15) is 0 Å². The van der Waals surface area contributed by atoms with Gasteiger partial charge in [0.1, 0.15) is 18.2 Å². The van der Waals surface area contributed by atoms with Gasteiger partial charge in [-0.1, -0.05) is 51.1 Å². The van der Waals surface area contributed by atoms with Gasteiger partial charge in [-0.3, -0.25) is 4.90 Å². The summed E-state index contributed by atoms with van der Waals surface area (Å²) in [5.74, 6) is -0.787. The number of cyclic esters (lactones) is 1. The van der Waals surface area contributed by atoms with E-state index in [1.54, 1.807) is 4.90 Å². The van der Waals surface area contributed by atoms with Crippen LogP contribution in [-0.2, 0) is 25.6 Å². The van der Waals surface area contributed by atoms with Gasteiger partial charge in [0, 0.05) is 18.5 Å². The van der Waals surface area contributed by atoms with E-state index >= 15 is 0 Å². The Morgan fingerprint density at radius 3 is 2.24 bits per heavy atom. The lowest BCUT2D eigenvalue weighted by Crippen LogP contribution is -2.49. The highest BCUT2D eigenvalue weighted by Crippen LogP contribution is 2.36. The summed E-state index contributed by atoms with van der Waals surface area (Å²) in [6.45, 7) is 12.0. The third kappa shape index (κ3) is 6.64. The van der Waals surface area contributed by atoms with Crippen LogP contribution in [0.2, 0.25) is 0 Å². The molecule has 0 aromatic heterocycles. The summed E-state index contributed by atoms with van der Waals surface area (Å²) in [6.07, 6.45) is -0.726. The van der Waals surface area contributed by atoms with Gasteiger partial charge in [-0.05, 0) is 51.5 Å². The number of amides is 2. The van der Waals surface area contributed by atoms with Crippen molar-refractivity contribution < 1.29 is 30.0 Å². The number of ether oxygens (including phenoxy) is 3. The van der Waals surface area contributed by atoms with Crippen molar-refractivity contribution in [3.8, 4) is 0 Å². The van der Waals surface area contributed by atoms with Crippen molar-refractivity contribution in [3.05, 3.63) is 35.9 Å². The van der Waals surface area contributed by atoms with Crippen LogP contribution in [0.1, 0.15) is 67.7 Å². The number of nitrogens with zero attached hydrogens (tertiary/aromatic N) is 2. The minimum absolute atomic E-state index is 0.0333.